The highest BCUT2D eigenvalue weighted by molar-refractivity contribution is 6.06. The molecule has 4 nitrogen and oxygen atoms in total. The standard InChI is InChI=1S/C22H24N4/c1-15-7-12-20-19(13-15)18-5-4-6-21(22(18)24-20)25-23-14-16-8-10-17(11-9-16)26(2)3/h7-14,24H,4-6H2,1-3H3. The molecule has 4 rings (SSSR count). The fourth-order valence-corrected chi connectivity index (χ4v) is 3.55. The first kappa shape index (κ1) is 16.6. The predicted molar refractivity (Wildman–Crippen MR) is 111 cm³/mol. The highest BCUT2D eigenvalue weighted by Gasteiger charge is 2.20. The van der Waals surface area contributed by atoms with Crippen molar-refractivity contribution in [2.45, 2.75) is 26.2 Å². The van der Waals surface area contributed by atoms with Gasteiger partial charge < -0.3 is 9.88 Å². The van der Waals surface area contributed by atoms with Crippen molar-refractivity contribution >= 4 is 28.5 Å². The predicted octanol–water partition coefficient (Wildman–Crippen LogP) is 4.70. The molecule has 0 saturated heterocycles. The zero-order valence-corrected chi connectivity index (χ0v) is 15.6. The number of fused-ring (bicyclic) bond motifs is 3. The van der Waals surface area contributed by atoms with Crippen LogP contribution >= 0.6 is 0 Å². The molecule has 0 amide bonds. The monoisotopic (exact) mass is 344 g/mol. The summed E-state index contributed by atoms with van der Waals surface area (Å²) in [4.78, 5) is 5.64. The Bertz CT molecular complexity index is 991. The van der Waals surface area contributed by atoms with Crippen LogP contribution in [0.15, 0.2) is 52.7 Å². The van der Waals surface area contributed by atoms with E-state index in [0.717, 1.165) is 36.2 Å². The van der Waals surface area contributed by atoms with Crippen LogP contribution in [0.25, 0.3) is 10.9 Å². The molecule has 0 bridgehead atoms. The van der Waals surface area contributed by atoms with Gasteiger partial charge in [0.1, 0.15) is 0 Å². The molecule has 132 valence electrons. The first-order valence-corrected chi connectivity index (χ1v) is 9.11. The molecular weight excluding hydrogens is 320 g/mol. The van der Waals surface area contributed by atoms with Crippen molar-refractivity contribution < 1.29 is 0 Å². The molecule has 26 heavy (non-hydrogen) atoms. The Morgan fingerprint density at radius 2 is 1.85 bits per heavy atom. The molecule has 1 heterocycles. The van der Waals surface area contributed by atoms with Crippen LogP contribution in [0.3, 0.4) is 0 Å². The maximum atomic E-state index is 4.54. The Morgan fingerprint density at radius 3 is 2.62 bits per heavy atom. The number of benzene rings is 2. The van der Waals surface area contributed by atoms with Gasteiger partial charge in [0.05, 0.1) is 17.6 Å². The Kier molecular flexibility index (Phi) is 4.33. The number of nitrogens with one attached hydrogen (secondary N) is 1. The Balaban J connectivity index is 1.62. The van der Waals surface area contributed by atoms with E-state index in [4.69, 9.17) is 0 Å². The van der Waals surface area contributed by atoms with E-state index >= 15 is 0 Å². The summed E-state index contributed by atoms with van der Waals surface area (Å²) in [6.07, 6.45) is 5.02. The topological polar surface area (TPSA) is 43.8 Å². The van der Waals surface area contributed by atoms with Gasteiger partial charge in [-0.05, 0) is 61.6 Å². The molecule has 0 unspecified atom stereocenters. The summed E-state index contributed by atoms with van der Waals surface area (Å²) in [5.74, 6) is 0. The van der Waals surface area contributed by atoms with Crippen molar-refractivity contribution in [2.75, 3.05) is 19.0 Å². The highest BCUT2D eigenvalue weighted by Crippen LogP contribution is 2.30. The van der Waals surface area contributed by atoms with Gasteiger partial charge in [-0.2, -0.15) is 10.2 Å². The van der Waals surface area contributed by atoms with E-state index in [1.54, 1.807) is 0 Å². The zero-order valence-electron chi connectivity index (χ0n) is 15.6. The molecule has 2 aromatic carbocycles. The molecule has 3 aromatic rings. The second-order valence-corrected chi connectivity index (χ2v) is 7.16. The van der Waals surface area contributed by atoms with Crippen LogP contribution in [0.1, 0.15) is 35.2 Å². The lowest BCUT2D eigenvalue weighted by atomic mass is 9.94. The number of nitrogens with zero attached hydrogens (tertiary/aromatic N) is 3. The smallest absolute Gasteiger partial charge is 0.0867 e. The molecule has 0 radical (unpaired) electrons. The van der Waals surface area contributed by atoms with Crippen LogP contribution < -0.4 is 4.90 Å². The van der Waals surface area contributed by atoms with E-state index in [1.807, 2.05) is 20.3 Å². The van der Waals surface area contributed by atoms with Gasteiger partial charge in [0.15, 0.2) is 0 Å². The largest absolute Gasteiger partial charge is 0.378 e. The van der Waals surface area contributed by atoms with Crippen molar-refractivity contribution in [1.29, 1.82) is 0 Å². The number of rotatable bonds is 3. The number of aryl methyl sites for hydroxylation is 2. The van der Waals surface area contributed by atoms with Crippen molar-refractivity contribution in [2.24, 2.45) is 10.2 Å². The van der Waals surface area contributed by atoms with Gasteiger partial charge in [-0.1, -0.05) is 23.8 Å². The van der Waals surface area contributed by atoms with Crippen LogP contribution in [-0.4, -0.2) is 31.0 Å². The number of anilines is 1. The third kappa shape index (κ3) is 3.15. The lowest BCUT2D eigenvalue weighted by Gasteiger charge is -2.13. The van der Waals surface area contributed by atoms with Crippen LogP contribution in [-0.2, 0) is 6.42 Å². The van der Waals surface area contributed by atoms with Gasteiger partial charge in [-0.25, -0.2) is 0 Å². The minimum Gasteiger partial charge on any atom is -0.378 e. The minimum atomic E-state index is 0.968. The summed E-state index contributed by atoms with van der Waals surface area (Å²) in [5.41, 5.74) is 8.33. The molecular formula is C22H24N4. The average molecular weight is 344 g/mol. The third-order valence-corrected chi connectivity index (χ3v) is 4.99. The number of aromatic nitrogens is 1. The minimum absolute atomic E-state index is 0.968. The maximum absolute atomic E-state index is 4.54. The molecule has 0 saturated carbocycles. The third-order valence-electron chi connectivity index (χ3n) is 4.99. The van der Waals surface area contributed by atoms with E-state index < -0.39 is 0 Å². The fourth-order valence-electron chi connectivity index (χ4n) is 3.55. The zero-order chi connectivity index (χ0) is 18.1. The maximum Gasteiger partial charge on any atom is 0.0867 e. The number of hydrogen-bond donors (Lipinski definition) is 1. The van der Waals surface area contributed by atoms with E-state index in [-0.39, 0.29) is 0 Å². The average Bonchev–Trinajstić information content (AvgIpc) is 3.01. The van der Waals surface area contributed by atoms with Crippen molar-refractivity contribution in [1.82, 2.24) is 4.98 Å². The fraction of sp³-hybridized carbons (Fsp3) is 0.273. The summed E-state index contributed by atoms with van der Waals surface area (Å²) in [6, 6.07) is 14.9. The second kappa shape index (κ2) is 6.79. The van der Waals surface area contributed by atoms with E-state index in [1.165, 1.54) is 27.7 Å². The summed E-state index contributed by atoms with van der Waals surface area (Å²) in [6.45, 7) is 2.14. The van der Waals surface area contributed by atoms with Crippen molar-refractivity contribution in [3.8, 4) is 0 Å². The van der Waals surface area contributed by atoms with Gasteiger partial charge in [-0.15, -0.1) is 0 Å². The molecule has 1 aliphatic rings. The summed E-state index contributed by atoms with van der Waals surface area (Å²) in [5, 5.41) is 10.2. The second-order valence-electron chi connectivity index (χ2n) is 7.16. The van der Waals surface area contributed by atoms with Crippen LogP contribution in [0.2, 0.25) is 0 Å². The molecule has 1 aliphatic carbocycles. The Hall–Kier alpha value is -2.88. The van der Waals surface area contributed by atoms with Gasteiger partial charge in [-0.3, -0.25) is 0 Å². The Labute approximate surface area is 154 Å². The van der Waals surface area contributed by atoms with Crippen molar-refractivity contribution in [3.05, 3.63) is 64.8 Å². The summed E-state index contributed by atoms with van der Waals surface area (Å²) in [7, 11) is 4.08. The molecule has 0 atom stereocenters. The molecule has 1 aromatic heterocycles. The molecule has 1 N–H and O–H groups in total. The lowest BCUT2D eigenvalue weighted by molar-refractivity contribution is 0.837. The molecule has 4 heteroatoms. The first-order chi connectivity index (χ1) is 12.6. The van der Waals surface area contributed by atoms with Crippen LogP contribution in [0, 0.1) is 6.92 Å². The van der Waals surface area contributed by atoms with Crippen LogP contribution in [0.5, 0.6) is 0 Å². The number of hydrogen-bond acceptors (Lipinski definition) is 3. The van der Waals surface area contributed by atoms with Gasteiger partial charge in [0, 0.05) is 30.7 Å². The van der Waals surface area contributed by atoms with E-state index in [9.17, 15) is 0 Å². The van der Waals surface area contributed by atoms with Crippen LogP contribution in [0.4, 0.5) is 5.69 Å². The number of H-pyrrole nitrogens is 1. The molecule has 0 spiro atoms. The van der Waals surface area contributed by atoms with Gasteiger partial charge >= 0.3 is 0 Å². The highest BCUT2D eigenvalue weighted by atomic mass is 15.2. The van der Waals surface area contributed by atoms with E-state index in [2.05, 4.69) is 69.5 Å². The SMILES string of the molecule is Cc1ccc2[nH]c3c(c2c1)CCCC3=NN=Cc1ccc(N(C)C)cc1. The number of aromatic amines is 1. The quantitative estimate of drug-likeness (QED) is 0.543. The lowest BCUT2D eigenvalue weighted by Crippen LogP contribution is -2.10. The Morgan fingerprint density at radius 1 is 1.04 bits per heavy atom. The van der Waals surface area contributed by atoms with Crippen molar-refractivity contribution in [3.63, 3.8) is 0 Å². The van der Waals surface area contributed by atoms with E-state index in [0.29, 0.717) is 0 Å². The first-order valence-electron chi connectivity index (χ1n) is 9.11. The summed E-state index contributed by atoms with van der Waals surface area (Å²) >= 11 is 0. The molecule has 0 fully saturated rings. The molecule has 0 aliphatic heterocycles. The van der Waals surface area contributed by atoms with Gasteiger partial charge in [0.25, 0.3) is 0 Å². The van der Waals surface area contributed by atoms with Gasteiger partial charge in [0.2, 0.25) is 0 Å². The summed E-state index contributed by atoms with van der Waals surface area (Å²) < 4.78 is 0. The normalized spacial score (nSPS) is 15.7.